The van der Waals surface area contributed by atoms with Crippen LogP contribution in [-0.2, 0) is 18.6 Å². The SMILES string of the molecule is C[C@@H](CCl)COc1ccc(C(C)(C)c2ccc(OC[C@@H](O)Cn3ncc([123I])c3CO)cc2)cc1Br. The first-order valence-electron chi connectivity index (χ1n) is 11.4. The largest absolute Gasteiger partial charge is 0.492 e. The first-order chi connectivity index (χ1) is 16.6. The van der Waals surface area contributed by atoms with Crippen LogP contribution >= 0.6 is 50.1 Å². The van der Waals surface area contributed by atoms with E-state index in [-0.39, 0.29) is 31.1 Å². The summed E-state index contributed by atoms with van der Waals surface area (Å²) in [6.45, 7) is 7.24. The Kier molecular flexibility index (Phi) is 10.3. The third-order valence-corrected chi connectivity index (χ3v) is 7.94. The molecule has 2 atom stereocenters. The summed E-state index contributed by atoms with van der Waals surface area (Å²) < 4.78 is 15.1. The molecule has 0 fully saturated rings. The van der Waals surface area contributed by atoms with Crippen LogP contribution in [0.1, 0.15) is 37.6 Å². The van der Waals surface area contributed by atoms with Crippen molar-refractivity contribution < 1.29 is 19.7 Å². The fraction of sp³-hybridized carbons (Fsp3) is 0.423. The number of benzene rings is 2. The van der Waals surface area contributed by atoms with Gasteiger partial charge in [-0.05, 0) is 73.9 Å². The van der Waals surface area contributed by atoms with Crippen LogP contribution < -0.4 is 9.47 Å². The molecule has 0 bridgehead atoms. The van der Waals surface area contributed by atoms with E-state index in [0.717, 1.165) is 24.9 Å². The average Bonchev–Trinajstić information content (AvgIpc) is 3.20. The van der Waals surface area contributed by atoms with E-state index in [1.165, 1.54) is 0 Å². The van der Waals surface area contributed by atoms with Gasteiger partial charge in [0.1, 0.15) is 24.2 Å². The Balaban J connectivity index is 1.61. The topological polar surface area (TPSA) is 76.7 Å². The van der Waals surface area contributed by atoms with Gasteiger partial charge >= 0.3 is 0 Å². The molecule has 0 spiro atoms. The lowest BCUT2D eigenvalue weighted by atomic mass is 9.78. The molecule has 0 amide bonds. The minimum atomic E-state index is -0.752. The van der Waals surface area contributed by atoms with Gasteiger partial charge in [0.2, 0.25) is 0 Å². The summed E-state index contributed by atoms with van der Waals surface area (Å²) in [5.74, 6) is 2.34. The molecule has 0 unspecified atom stereocenters. The van der Waals surface area contributed by atoms with E-state index in [9.17, 15) is 10.2 Å². The zero-order valence-corrected chi connectivity index (χ0v) is 24.5. The van der Waals surface area contributed by atoms with Gasteiger partial charge in [0.15, 0.2) is 0 Å². The molecule has 3 rings (SSSR count). The summed E-state index contributed by atoms with van der Waals surface area (Å²) in [5, 5.41) is 24.0. The quantitative estimate of drug-likeness (QED) is 0.189. The number of rotatable bonds is 12. The molecule has 1 aromatic heterocycles. The second kappa shape index (κ2) is 12.8. The van der Waals surface area contributed by atoms with Gasteiger partial charge in [-0.3, -0.25) is 4.68 Å². The molecule has 0 aliphatic heterocycles. The first kappa shape index (κ1) is 28.2. The lowest BCUT2D eigenvalue weighted by Crippen LogP contribution is -2.25. The van der Waals surface area contributed by atoms with Crippen molar-refractivity contribution in [1.82, 2.24) is 9.78 Å². The maximum absolute atomic E-state index is 10.4. The van der Waals surface area contributed by atoms with Crippen LogP contribution in [-0.4, -0.2) is 45.2 Å². The van der Waals surface area contributed by atoms with Gasteiger partial charge in [-0.1, -0.05) is 39.0 Å². The number of aliphatic hydroxyl groups excluding tert-OH is 2. The highest BCUT2D eigenvalue weighted by atomic mass is 123. The van der Waals surface area contributed by atoms with Crippen LogP contribution in [0.15, 0.2) is 53.1 Å². The molecule has 0 radical (unpaired) electrons. The summed E-state index contributed by atoms with van der Waals surface area (Å²) in [5.41, 5.74) is 2.74. The standard InChI is InChI=1S/C26H31BrClIN2O4/c1-17(11-28)15-35-25-9-6-19(10-22(25)27)26(2,3)18-4-7-21(8-5-18)34-16-20(33)13-31-24(14-32)23(29)12-30-31/h4-10,12,17,20,32-33H,11,13-16H2,1-3H3/t17-,20-/m0/s1/i29-4. The minimum absolute atomic E-state index is 0.122. The summed E-state index contributed by atoms with van der Waals surface area (Å²) in [6.07, 6.45) is 0.916. The lowest BCUT2D eigenvalue weighted by molar-refractivity contribution is 0.0871. The summed E-state index contributed by atoms with van der Waals surface area (Å²) in [6, 6.07) is 14.1. The molecule has 0 aliphatic rings. The van der Waals surface area contributed by atoms with Crippen LogP contribution in [0, 0.1) is 9.49 Å². The van der Waals surface area contributed by atoms with E-state index in [1.54, 1.807) is 10.9 Å². The van der Waals surface area contributed by atoms with E-state index in [1.807, 2.05) is 30.3 Å². The van der Waals surface area contributed by atoms with Crippen molar-refractivity contribution in [3.8, 4) is 11.5 Å². The summed E-state index contributed by atoms with van der Waals surface area (Å²) in [4.78, 5) is 0. The number of halogens is 3. The maximum atomic E-state index is 10.4. The summed E-state index contributed by atoms with van der Waals surface area (Å²) >= 11 is 11.6. The van der Waals surface area contributed by atoms with Gasteiger partial charge in [-0.15, -0.1) is 11.6 Å². The average molecular weight is 674 g/mol. The molecular formula is C26H31BrClIN2O4. The monoisotopic (exact) mass is 672 g/mol. The van der Waals surface area contributed by atoms with E-state index in [4.69, 9.17) is 21.1 Å². The van der Waals surface area contributed by atoms with Crippen molar-refractivity contribution >= 4 is 50.1 Å². The van der Waals surface area contributed by atoms with Crippen molar-refractivity contribution in [2.24, 2.45) is 5.92 Å². The molecule has 2 N–H and O–H groups in total. The van der Waals surface area contributed by atoms with Crippen molar-refractivity contribution in [2.45, 2.75) is 45.4 Å². The normalized spacial score (nSPS) is 13.5. The molecule has 9 heteroatoms. The molecule has 2 aromatic carbocycles. The van der Waals surface area contributed by atoms with Gasteiger partial charge in [-0.2, -0.15) is 5.10 Å². The third kappa shape index (κ3) is 7.35. The molecule has 190 valence electrons. The fourth-order valence-electron chi connectivity index (χ4n) is 3.56. The number of ether oxygens (including phenoxy) is 2. The van der Waals surface area contributed by atoms with Gasteiger partial charge in [0, 0.05) is 17.2 Å². The van der Waals surface area contributed by atoms with Crippen molar-refractivity contribution in [3.63, 3.8) is 0 Å². The van der Waals surface area contributed by atoms with Gasteiger partial charge < -0.3 is 19.7 Å². The third-order valence-electron chi connectivity index (χ3n) is 5.89. The number of aromatic nitrogens is 2. The van der Waals surface area contributed by atoms with Gasteiger partial charge in [0.25, 0.3) is 0 Å². The number of aliphatic hydroxyl groups is 2. The molecule has 0 saturated heterocycles. The molecule has 1 heterocycles. The molecule has 0 saturated carbocycles. The fourth-order valence-corrected chi connectivity index (χ4v) is 4.72. The Morgan fingerprint density at radius 1 is 1.11 bits per heavy atom. The smallest absolute Gasteiger partial charge is 0.133 e. The Labute approximate surface area is 233 Å². The maximum Gasteiger partial charge on any atom is 0.133 e. The lowest BCUT2D eigenvalue weighted by Gasteiger charge is -2.27. The Morgan fingerprint density at radius 2 is 1.80 bits per heavy atom. The highest BCUT2D eigenvalue weighted by Gasteiger charge is 2.24. The van der Waals surface area contributed by atoms with Crippen LogP contribution in [0.25, 0.3) is 0 Å². The van der Waals surface area contributed by atoms with Crippen LogP contribution in [0.2, 0.25) is 0 Å². The number of hydrogen-bond acceptors (Lipinski definition) is 5. The van der Waals surface area contributed by atoms with Gasteiger partial charge in [0.05, 0.1) is 39.7 Å². The number of hydrogen-bond donors (Lipinski definition) is 2. The Hall–Kier alpha value is -1.33. The van der Waals surface area contributed by atoms with Crippen molar-refractivity contribution in [1.29, 1.82) is 0 Å². The molecule has 6 nitrogen and oxygen atoms in total. The second-order valence-corrected chi connectivity index (χ2v) is 11.4. The van der Waals surface area contributed by atoms with E-state index < -0.39 is 6.10 Å². The van der Waals surface area contributed by atoms with E-state index in [2.05, 4.69) is 76.5 Å². The number of nitrogens with zero attached hydrogens (tertiary/aromatic N) is 2. The number of alkyl halides is 1. The zero-order valence-electron chi connectivity index (χ0n) is 20.0. The molecule has 35 heavy (non-hydrogen) atoms. The predicted octanol–water partition coefficient (Wildman–Crippen LogP) is 5.76. The zero-order chi connectivity index (χ0) is 25.6. The highest BCUT2D eigenvalue weighted by Crippen LogP contribution is 2.36. The molecular weight excluding hydrogens is 643 g/mol. The molecule has 3 aromatic rings. The van der Waals surface area contributed by atoms with Crippen molar-refractivity contribution in [3.05, 3.63) is 73.5 Å². The first-order valence-corrected chi connectivity index (χ1v) is 13.8. The Bertz CT molecular complexity index is 1110. The Morgan fingerprint density at radius 3 is 2.43 bits per heavy atom. The van der Waals surface area contributed by atoms with Crippen LogP contribution in [0.5, 0.6) is 11.5 Å². The predicted molar refractivity (Wildman–Crippen MR) is 150 cm³/mol. The summed E-state index contributed by atoms with van der Waals surface area (Å²) in [7, 11) is 0. The second-order valence-electron chi connectivity index (χ2n) is 9.11. The van der Waals surface area contributed by atoms with Crippen molar-refractivity contribution in [2.75, 3.05) is 19.1 Å². The van der Waals surface area contributed by atoms with Crippen LogP contribution in [0.4, 0.5) is 0 Å². The van der Waals surface area contributed by atoms with Crippen LogP contribution in [0.3, 0.4) is 0 Å². The highest BCUT2D eigenvalue weighted by molar-refractivity contribution is 14.1. The van der Waals surface area contributed by atoms with E-state index in [0.29, 0.717) is 23.9 Å². The van der Waals surface area contributed by atoms with E-state index >= 15 is 0 Å². The molecule has 0 aliphatic carbocycles. The van der Waals surface area contributed by atoms with Gasteiger partial charge in [-0.25, -0.2) is 0 Å². The minimum Gasteiger partial charge on any atom is -0.492 e.